The number of piperazine rings is 1. The van der Waals surface area contributed by atoms with Crippen LogP contribution in [0.2, 0.25) is 0 Å². The number of carbonyl (C=O) groups excluding carboxylic acids is 1. The van der Waals surface area contributed by atoms with Gasteiger partial charge in [0.25, 0.3) is 6.47 Å². The van der Waals surface area contributed by atoms with Gasteiger partial charge in [-0.05, 0) is 66.0 Å². The van der Waals surface area contributed by atoms with Crippen molar-refractivity contribution >= 4 is 22.4 Å². The molecule has 1 saturated heterocycles. The molecule has 152 valence electrons. The van der Waals surface area contributed by atoms with E-state index in [-0.39, 0.29) is 17.5 Å². The molecule has 0 unspecified atom stereocenters. The molecule has 2 heterocycles. The molecular formula is C21H27BrFN3O2. The quantitative estimate of drug-likeness (QED) is 0.709. The first kappa shape index (κ1) is 22.5. The van der Waals surface area contributed by atoms with Crippen LogP contribution in [0.15, 0.2) is 47.2 Å². The van der Waals surface area contributed by atoms with Crippen LogP contribution in [0.4, 0.5) is 4.39 Å². The van der Waals surface area contributed by atoms with Crippen LogP contribution in [0.3, 0.4) is 0 Å². The van der Waals surface area contributed by atoms with Crippen LogP contribution in [0, 0.1) is 5.82 Å². The number of rotatable bonds is 4. The van der Waals surface area contributed by atoms with Crippen LogP contribution < -0.4 is 5.32 Å². The smallest absolute Gasteiger partial charge is 0.293 e. The van der Waals surface area contributed by atoms with Crippen molar-refractivity contribution in [3.63, 3.8) is 0 Å². The Balaban J connectivity index is 0.000000345. The molecule has 1 aromatic heterocycles. The van der Waals surface area contributed by atoms with Crippen molar-refractivity contribution in [2.45, 2.75) is 39.0 Å². The van der Waals surface area contributed by atoms with Crippen molar-refractivity contribution in [1.82, 2.24) is 15.2 Å². The molecule has 0 bridgehead atoms. The molecular weight excluding hydrogens is 425 g/mol. The van der Waals surface area contributed by atoms with E-state index in [4.69, 9.17) is 0 Å². The minimum Gasteiger partial charge on any atom is -0.462 e. The lowest BCUT2D eigenvalue weighted by molar-refractivity contribution is -0.138. The van der Waals surface area contributed by atoms with Gasteiger partial charge in [-0.1, -0.05) is 12.1 Å². The van der Waals surface area contributed by atoms with Crippen molar-refractivity contribution < 1.29 is 13.9 Å². The maximum atomic E-state index is 13.1. The predicted octanol–water partition coefficient (Wildman–Crippen LogP) is 4.09. The molecule has 0 aliphatic carbocycles. The van der Waals surface area contributed by atoms with E-state index in [9.17, 15) is 9.18 Å². The molecule has 28 heavy (non-hydrogen) atoms. The van der Waals surface area contributed by atoms with E-state index in [0.29, 0.717) is 6.47 Å². The van der Waals surface area contributed by atoms with Crippen molar-refractivity contribution in [1.29, 1.82) is 0 Å². The largest absolute Gasteiger partial charge is 0.462 e. The molecule has 7 heteroatoms. The highest BCUT2D eigenvalue weighted by atomic mass is 79.9. The second kappa shape index (κ2) is 10.6. The third kappa shape index (κ3) is 7.66. The van der Waals surface area contributed by atoms with Gasteiger partial charge >= 0.3 is 0 Å². The van der Waals surface area contributed by atoms with Gasteiger partial charge in [0, 0.05) is 49.1 Å². The van der Waals surface area contributed by atoms with E-state index in [2.05, 4.69) is 41.9 Å². The number of aromatic nitrogens is 1. The molecule has 0 saturated carbocycles. The monoisotopic (exact) mass is 451 g/mol. The van der Waals surface area contributed by atoms with Gasteiger partial charge in [0.05, 0.1) is 0 Å². The van der Waals surface area contributed by atoms with Crippen LogP contribution in [-0.4, -0.2) is 41.6 Å². The van der Waals surface area contributed by atoms with Gasteiger partial charge in [0.15, 0.2) is 0 Å². The highest BCUT2D eigenvalue weighted by molar-refractivity contribution is 9.10. The molecule has 1 N–H and O–H groups in total. The van der Waals surface area contributed by atoms with E-state index >= 15 is 0 Å². The Hall–Kier alpha value is -1.83. The molecule has 1 aliphatic rings. The average molecular weight is 452 g/mol. The summed E-state index contributed by atoms with van der Waals surface area (Å²) in [6.45, 7) is 9.58. The summed E-state index contributed by atoms with van der Waals surface area (Å²) in [5.74, 6) is -0.190. The molecule has 0 radical (unpaired) electrons. The molecule has 1 fully saturated rings. The number of hydrogen-bond donors (Lipinski definition) is 1. The van der Waals surface area contributed by atoms with Crippen LogP contribution >= 0.6 is 15.9 Å². The average Bonchev–Trinajstić information content (AvgIpc) is 2.63. The second-order valence-electron chi connectivity index (χ2n) is 7.58. The number of ether oxygens (including phenoxy) is 1. The maximum Gasteiger partial charge on any atom is 0.293 e. The molecule has 1 aromatic carbocycles. The van der Waals surface area contributed by atoms with Crippen molar-refractivity contribution in [3.05, 3.63) is 64.1 Å². The van der Waals surface area contributed by atoms with Crippen molar-refractivity contribution in [3.8, 4) is 0 Å². The third-order valence-electron chi connectivity index (χ3n) is 4.16. The van der Waals surface area contributed by atoms with Crippen molar-refractivity contribution in [2.75, 3.05) is 19.6 Å². The summed E-state index contributed by atoms with van der Waals surface area (Å²) in [5, 5.41) is 3.41. The van der Waals surface area contributed by atoms with Gasteiger partial charge in [0.2, 0.25) is 0 Å². The maximum absolute atomic E-state index is 13.1. The lowest BCUT2D eigenvalue weighted by Crippen LogP contribution is -2.45. The zero-order chi connectivity index (χ0) is 20.6. The van der Waals surface area contributed by atoms with Crippen LogP contribution in [0.1, 0.15) is 37.9 Å². The minimum atomic E-state index is -0.318. The first-order valence-corrected chi connectivity index (χ1v) is 9.99. The summed E-state index contributed by atoms with van der Waals surface area (Å²) in [6, 6.07) is 9.17. The van der Waals surface area contributed by atoms with E-state index in [1.165, 1.54) is 17.7 Å². The minimum absolute atomic E-state index is 0.190. The fraction of sp³-hybridized carbons (Fsp3) is 0.429. The fourth-order valence-electron chi connectivity index (χ4n) is 2.87. The first-order chi connectivity index (χ1) is 13.3. The number of halogens is 2. The summed E-state index contributed by atoms with van der Waals surface area (Å²) in [5.41, 5.74) is 2.01. The highest BCUT2D eigenvalue weighted by Gasteiger charge is 2.23. The number of benzene rings is 1. The number of nitrogens with one attached hydrogen (secondary N) is 1. The highest BCUT2D eigenvalue weighted by Crippen LogP contribution is 2.24. The summed E-state index contributed by atoms with van der Waals surface area (Å²) >= 11 is 3.46. The Bertz CT molecular complexity index is 750. The van der Waals surface area contributed by atoms with E-state index in [0.717, 1.165) is 36.2 Å². The Morgan fingerprint density at radius 1 is 1.32 bits per heavy atom. The molecule has 2 aromatic rings. The topological polar surface area (TPSA) is 54.5 Å². The van der Waals surface area contributed by atoms with Gasteiger partial charge in [-0.2, -0.15) is 0 Å². The Morgan fingerprint density at radius 3 is 2.61 bits per heavy atom. The molecule has 3 rings (SSSR count). The van der Waals surface area contributed by atoms with Gasteiger partial charge < -0.3 is 10.1 Å². The molecule has 0 spiro atoms. The lowest BCUT2D eigenvalue weighted by Gasteiger charge is -2.36. The number of carbonyl (C=O) groups is 1. The summed E-state index contributed by atoms with van der Waals surface area (Å²) < 4.78 is 18.6. The van der Waals surface area contributed by atoms with Gasteiger partial charge in [-0.15, -0.1) is 0 Å². The zero-order valence-corrected chi connectivity index (χ0v) is 18.1. The summed E-state index contributed by atoms with van der Waals surface area (Å²) in [4.78, 5) is 16.2. The predicted molar refractivity (Wildman–Crippen MR) is 111 cm³/mol. The van der Waals surface area contributed by atoms with Crippen LogP contribution in [-0.2, 0) is 16.1 Å². The van der Waals surface area contributed by atoms with Crippen molar-refractivity contribution in [2.24, 2.45) is 0 Å². The number of hydrogen-bond acceptors (Lipinski definition) is 5. The van der Waals surface area contributed by atoms with E-state index < -0.39 is 0 Å². The SMILES string of the molecule is CC(C)(C)OC=O.Fc1ccc([C@H]2CNCCN2Cc2cncc(Br)c2)cc1. The van der Waals surface area contributed by atoms with Crippen LogP contribution in [0.5, 0.6) is 0 Å². The van der Waals surface area contributed by atoms with Gasteiger partial charge in [-0.3, -0.25) is 14.7 Å². The second-order valence-corrected chi connectivity index (χ2v) is 8.50. The number of nitrogens with zero attached hydrogens (tertiary/aromatic N) is 2. The number of pyridine rings is 1. The molecule has 1 aliphatic heterocycles. The standard InChI is InChI=1S/C16H17BrFN3.C5H10O2/c17-14-7-12(8-20-9-14)11-21-6-5-19-10-16(21)13-1-3-15(18)4-2-13;1-5(2,3)7-4-6/h1-4,7-9,16,19H,5-6,10-11H2;4H,1-3H3/t16-;/m1./s1. The summed E-state index contributed by atoms with van der Waals surface area (Å²) in [6.07, 6.45) is 3.69. The fourth-order valence-corrected chi connectivity index (χ4v) is 3.28. The Kier molecular flexibility index (Phi) is 8.54. The Morgan fingerprint density at radius 2 is 2.04 bits per heavy atom. The lowest BCUT2D eigenvalue weighted by atomic mass is 10.0. The van der Waals surface area contributed by atoms with E-state index in [1.807, 2.05) is 39.1 Å². The molecule has 1 atom stereocenters. The van der Waals surface area contributed by atoms with Crippen LogP contribution in [0.25, 0.3) is 0 Å². The molecule has 0 amide bonds. The zero-order valence-electron chi connectivity index (χ0n) is 16.5. The summed E-state index contributed by atoms with van der Waals surface area (Å²) in [7, 11) is 0. The van der Waals surface area contributed by atoms with Gasteiger partial charge in [-0.25, -0.2) is 4.39 Å². The normalized spacial score (nSPS) is 17.4. The van der Waals surface area contributed by atoms with E-state index in [1.54, 1.807) is 6.20 Å². The third-order valence-corrected chi connectivity index (χ3v) is 4.59. The molecule has 5 nitrogen and oxygen atoms in total. The first-order valence-electron chi connectivity index (χ1n) is 9.19. The van der Waals surface area contributed by atoms with Gasteiger partial charge in [0.1, 0.15) is 11.4 Å². The Labute approximate surface area is 174 Å².